The summed E-state index contributed by atoms with van der Waals surface area (Å²) < 4.78 is 21.8. The van der Waals surface area contributed by atoms with Gasteiger partial charge in [-0.25, -0.2) is 9.78 Å². The van der Waals surface area contributed by atoms with Gasteiger partial charge in [-0.2, -0.15) is 0 Å². The summed E-state index contributed by atoms with van der Waals surface area (Å²) in [6.07, 6.45) is -0.657. The van der Waals surface area contributed by atoms with Gasteiger partial charge in [0.25, 0.3) is 5.56 Å². The normalized spacial score (nSPS) is 22.1. The summed E-state index contributed by atoms with van der Waals surface area (Å²) in [6.45, 7) is 8.12. The molecule has 13 nitrogen and oxygen atoms in total. The van der Waals surface area contributed by atoms with E-state index >= 15 is 0 Å². The van der Waals surface area contributed by atoms with Gasteiger partial charge in [0.15, 0.2) is 12.2 Å². The zero-order chi connectivity index (χ0) is 26.1. The van der Waals surface area contributed by atoms with Crippen molar-refractivity contribution >= 4 is 35.0 Å². The maximum Gasteiger partial charge on any atom is 0.411 e. The minimum absolute atomic E-state index is 0.126. The number of likely N-dealkylation sites (tertiary alicyclic amines) is 1. The van der Waals surface area contributed by atoms with Crippen LogP contribution in [0.15, 0.2) is 17.3 Å². The number of aromatic amines is 2. The third-order valence-electron chi connectivity index (χ3n) is 5.15. The number of fused-ring (bicyclic) bond motifs is 1. The summed E-state index contributed by atoms with van der Waals surface area (Å²) in [5.41, 5.74) is -0.731. The summed E-state index contributed by atoms with van der Waals surface area (Å²) in [5, 5.41) is 0. The largest absolute Gasteiger partial charge is 0.464 e. The molecule has 0 radical (unpaired) electrons. The molecule has 0 aromatic carbocycles. The van der Waals surface area contributed by atoms with E-state index in [-0.39, 0.29) is 17.6 Å². The Morgan fingerprint density at radius 1 is 1.00 bits per heavy atom. The molecule has 0 spiro atoms. The van der Waals surface area contributed by atoms with Crippen LogP contribution in [0.4, 0.5) is 4.79 Å². The summed E-state index contributed by atoms with van der Waals surface area (Å²) in [5.74, 6) is -2.05. The molecule has 1 fully saturated rings. The molecule has 1 aliphatic heterocycles. The van der Waals surface area contributed by atoms with E-state index < -0.39 is 59.5 Å². The highest BCUT2D eigenvalue weighted by molar-refractivity contribution is 5.80. The SMILES string of the molecule is CC(=O)OC[C@@H]1[C@@H](OC(C)=O)[C@@H](OC(C)=O)[C@H](c2c[nH]c3c(=O)[nH]cnc23)N1C(=O)OC(C)(C)C. The fraction of sp³-hybridized carbons (Fsp3) is 0.545. The molecular formula is C22H28N4O9. The number of hydrogen-bond acceptors (Lipinski definition) is 10. The van der Waals surface area contributed by atoms with Crippen LogP contribution in [0.1, 0.15) is 53.1 Å². The Morgan fingerprint density at radius 3 is 2.20 bits per heavy atom. The number of nitrogens with zero attached hydrogens (tertiary/aromatic N) is 2. The molecule has 35 heavy (non-hydrogen) atoms. The van der Waals surface area contributed by atoms with E-state index in [1.54, 1.807) is 20.8 Å². The molecule has 13 heteroatoms. The van der Waals surface area contributed by atoms with Gasteiger partial charge >= 0.3 is 24.0 Å². The first kappa shape index (κ1) is 25.7. The van der Waals surface area contributed by atoms with E-state index in [4.69, 9.17) is 18.9 Å². The van der Waals surface area contributed by atoms with E-state index in [9.17, 15) is 24.0 Å². The zero-order valence-electron chi connectivity index (χ0n) is 20.2. The Bertz CT molecular complexity index is 1200. The van der Waals surface area contributed by atoms with Crippen molar-refractivity contribution in [2.45, 2.75) is 71.4 Å². The summed E-state index contributed by atoms with van der Waals surface area (Å²) >= 11 is 0. The average molecular weight is 492 g/mol. The standard InChI is InChI=1S/C22H28N4O9/c1-10(27)32-8-14-18(33-11(2)28)19(34-12(3)29)17(26(14)21(31)35-22(4,5)6)13-7-23-16-15(13)24-9-25-20(16)30/h7,9,14,17-19,23H,8H2,1-6H3,(H,24,25,30)/t14-,17+,18-,19+/m1/s1. The number of amides is 1. The Labute approximate surface area is 200 Å². The van der Waals surface area contributed by atoms with Gasteiger partial charge in [0.1, 0.15) is 35.3 Å². The van der Waals surface area contributed by atoms with E-state index in [1.165, 1.54) is 24.3 Å². The second-order valence-electron chi connectivity index (χ2n) is 9.05. The molecular weight excluding hydrogens is 464 g/mol. The Balaban J connectivity index is 2.24. The topological polar surface area (TPSA) is 170 Å². The first-order valence-corrected chi connectivity index (χ1v) is 10.8. The van der Waals surface area contributed by atoms with E-state index in [0.717, 1.165) is 13.8 Å². The van der Waals surface area contributed by atoms with E-state index in [0.29, 0.717) is 5.56 Å². The van der Waals surface area contributed by atoms with Crippen LogP contribution in [-0.4, -0.2) is 74.3 Å². The van der Waals surface area contributed by atoms with Crippen molar-refractivity contribution in [3.05, 3.63) is 28.4 Å². The Hall–Kier alpha value is -3.90. The molecule has 0 bridgehead atoms. The number of rotatable bonds is 5. The van der Waals surface area contributed by atoms with Crippen LogP contribution in [0, 0.1) is 0 Å². The van der Waals surface area contributed by atoms with Gasteiger partial charge in [-0.1, -0.05) is 0 Å². The van der Waals surface area contributed by atoms with Crippen LogP contribution in [-0.2, 0) is 33.3 Å². The van der Waals surface area contributed by atoms with Crippen LogP contribution in [0.3, 0.4) is 0 Å². The molecule has 2 N–H and O–H groups in total. The van der Waals surface area contributed by atoms with Gasteiger partial charge in [0, 0.05) is 32.5 Å². The molecule has 1 amide bonds. The fourth-order valence-electron chi connectivity index (χ4n) is 4.05. The smallest absolute Gasteiger partial charge is 0.411 e. The van der Waals surface area contributed by atoms with Crippen molar-refractivity contribution in [3.63, 3.8) is 0 Å². The first-order valence-electron chi connectivity index (χ1n) is 10.8. The third kappa shape index (κ3) is 5.61. The highest BCUT2D eigenvalue weighted by atomic mass is 16.6. The molecule has 4 atom stereocenters. The number of aromatic nitrogens is 3. The molecule has 190 valence electrons. The molecule has 2 aromatic heterocycles. The molecule has 1 aliphatic rings. The number of nitrogens with one attached hydrogen (secondary N) is 2. The van der Waals surface area contributed by atoms with Crippen LogP contribution in [0.2, 0.25) is 0 Å². The summed E-state index contributed by atoms with van der Waals surface area (Å²) in [7, 11) is 0. The van der Waals surface area contributed by atoms with Crippen LogP contribution in [0.5, 0.6) is 0 Å². The molecule has 0 saturated carbocycles. The molecule has 1 saturated heterocycles. The van der Waals surface area contributed by atoms with Gasteiger partial charge in [-0.05, 0) is 20.8 Å². The number of hydrogen-bond donors (Lipinski definition) is 2. The lowest BCUT2D eigenvalue weighted by atomic mass is 10.0. The number of H-pyrrole nitrogens is 2. The predicted octanol–water partition coefficient (Wildman–Crippen LogP) is 1.34. The molecule has 3 rings (SSSR count). The second-order valence-corrected chi connectivity index (χ2v) is 9.05. The maximum atomic E-state index is 13.5. The zero-order valence-corrected chi connectivity index (χ0v) is 20.2. The number of carbonyl (C=O) groups is 4. The second kappa shape index (κ2) is 9.76. The van der Waals surface area contributed by atoms with Gasteiger partial charge in [0.05, 0.1) is 6.33 Å². The van der Waals surface area contributed by atoms with Crippen molar-refractivity contribution < 1.29 is 38.1 Å². The van der Waals surface area contributed by atoms with Crippen molar-refractivity contribution in [1.82, 2.24) is 19.9 Å². The van der Waals surface area contributed by atoms with Crippen molar-refractivity contribution in [2.24, 2.45) is 0 Å². The van der Waals surface area contributed by atoms with Crippen LogP contribution in [0.25, 0.3) is 11.0 Å². The maximum absolute atomic E-state index is 13.5. The first-order chi connectivity index (χ1) is 16.3. The lowest BCUT2D eigenvalue weighted by Crippen LogP contribution is -2.47. The predicted molar refractivity (Wildman–Crippen MR) is 119 cm³/mol. The van der Waals surface area contributed by atoms with Crippen molar-refractivity contribution in [3.8, 4) is 0 Å². The molecule has 0 unspecified atom stereocenters. The van der Waals surface area contributed by atoms with Gasteiger partial charge < -0.3 is 28.9 Å². The lowest BCUT2D eigenvalue weighted by molar-refractivity contribution is -0.165. The van der Waals surface area contributed by atoms with Gasteiger partial charge in [-0.15, -0.1) is 0 Å². The Morgan fingerprint density at radius 2 is 1.63 bits per heavy atom. The van der Waals surface area contributed by atoms with Crippen LogP contribution < -0.4 is 5.56 Å². The van der Waals surface area contributed by atoms with Gasteiger partial charge in [-0.3, -0.25) is 24.1 Å². The minimum atomic E-state index is -1.23. The van der Waals surface area contributed by atoms with E-state index in [1.807, 2.05) is 0 Å². The van der Waals surface area contributed by atoms with E-state index in [2.05, 4.69) is 15.0 Å². The summed E-state index contributed by atoms with van der Waals surface area (Å²) in [4.78, 5) is 72.1. The van der Waals surface area contributed by atoms with Crippen LogP contribution >= 0.6 is 0 Å². The number of carbonyl (C=O) groups excluding carboxylic acids is 4. The van der Waals surface area contributed by atoms with Crippen molar-refractivity contribution in [2.75, 3.05) is 6.61 Å². The van der Waals surface area contributed by atoms with Crippen molar-refractivity contribution in [1.29, 1.82) is 0 Å². The molecule has 2 aromatic rings. The highest BCUT2D eigenvalue weighted by Crippen LogP contribution is 2.43. The quantitative estimate of drug-likeness (QED) is 0.458. The number of esters is 3. The highest BCUT2D eigenvalue weighted by Gasteiger charge is 2.57. The average Bonchev–Trinajstić information content (AvgIpc) is 3.25. The summed E-state index contributed by atoms with van der Waals surface area (Å²) in [6, 6.07) is -2.19. The number of ether oxygens (including phenoxy) is 4. The lowest BCUT2D eigenvalue weighted by Gasteiger charge is -2.32. The van der Waals surface area contributed by atoms with Gasteiger partial charge in [0.2, 0.25) is 0 Å². The minimum Gasteiger partial charge on any atom is -0.464 e. The fourth-order valence-corrected chi connectivity index (χ4v) is 4.05. The molecule has 0 aliphatic carbocycles. The third-order valence-corrected chi connectivity index (χ3v) is 5.15. The Kier molecular flexibility index (Phi) is 7.17. The monoisotopic (exact) mass is 492 g/mol. The molecule has 3 heterocycles.